The molecule has 0 radical (unpaired) electrons. The van der Waals surface area contributed by atoms with Gasteiger partial charge in [0, 0.05) is 6.42 Å². The predicted octanol–water partition coefficient (Wildman–Crippen LogP) is 1.06. The number of hydrogen-bond acceptors (Lipinski definition) is 6. The smallest absolute Gasteiger partial charge is 0.408 e. The molecular formula is C22H25N3O6. The molecule has 3 amide bonds. The number of primary amides is 1. The molecule has 0 heterocycles. The van der Waals surface area contributed by atoms with Crippen molar-refractivity contribution in [3.63, 3.8) is 0 Å². The summed E-state index contributed by atoms with van der Waals surface area (Å²) in [6.07, 6.45) is -1.20. The highest BCUT2D eigenvalue weighted by molar-refractivity contribution is 5.93. The molecule has 0 aliphatic carbocycles. The normalized spacial score (nSPS) is 12.2. The largest absolute Gasteiger partial charge is 0.467 e. The summed E-state index contributed by atoms with van der Waals surface area (Å²) in [4.78, 5) is 48.4. The van der Waals surface area contributed by atoms with E-state index < -0.39 is 42.4 Å². The van der Waals surface area contributed by atoms with Crippen LogP contribution in [-0.4, -0.2) is 43.1 Å². The molecule has 0 aliphatic heterocycles. The Hall–Kier alpha value is -3.88. The molecule has 4 N–H and O–H groups in total. The average Bonchev–Trinajstić information content (AvgIpc) is 2.77. The van der Waals surface area contributed by atoms with Crippen LogP contribution in [0, 0.1) is 0 Å². The van der Waals surface area contributed by atoms with Crippen LogP contribution in [0.15, 0.2) is 60.7 Å². The van der Waals surface area contributed by atoms with Gasteiger partial charge in [0.2, 0.25) is 11.8 Å². The first-order valence-corrected chi connectivity index (χ1v) is 9.56. The van der Waals surface area contributed by atoms with Crippen LogP contribution in [0.1, 0.15) is 17.5 Å². The Bertz CT molecular complexity index is 889. The number of carbonyl (C=O) groups is 4. The van der Waals surface area contributed by atoms with Gasteiger partial charge in [-0.2, -0.15) is 0 Å². The molecule has 31 heavy (non-hydrogen) atoms. The number of rotatable bonds is 10. The molecule has 2 rings (SSSR count). The van der Waals surface area contributed by atoms with Gasteiger partial charge < -0.3 is 25.8 Å². The van der Waals surface area contributed by atoms with E-state index in [9.17, 15) is 19.2 Å². The van der Waals surface area contributed by atoms with E-state index in [2.05, 4.69) is 10.6 Å². The third-order valence-corrected chi connectivity index (χ3v) is 4.31. The summed E-state index contributed by atoms with van der Waals surface area (Å²) in [7, 11) is 1.20. The SMILES string of the molecule is COC(=O)[C@@H](Cc1ccccc1)NC(=O)[C@@H](CC(N)=O)NC(=O)OCc1ccccc1. The maximum absolute atomic E-state index is 12.7. The van der Waals surface area contributed by atoms with Crippen LogP contribution in [0.4, 0.5) is 4.79 Å². The van der Waals surface area contributed by atoms with E-state index in [-0.39, 0.29) is 13.0 Å². The van der Waals surface area contributed by atoms with Crippen LogP contribution < -0.4 is 16.4 Å². The third-order valence-electron chi connectivity index (χ3n) is 4.31. The zero-order valence-corrected chi connectivity index (χ0v) is 17.1. The molecule has 164 valence electrons. The number of nitrogens with one attached hydrogen (secondary N) is 2. The average molecular weight is 427 g/mol. The maximum atomic E-state index is 12.7. The van der Waals surface area contributed by atoms with Crippen LogP contribution in [-0.2, 0) is 36.9 Å². The van der Waals surface area contributed by atoms with E-state index in [4.69, 9.17) is 15.2 Å². The van der Waals surface area contributed by atoms with Gasteiger partial charge in [-0.15, -0.1) is 0 Å². The minimum atomic E-state index is -1.32. The van der Waals surface area contributed by atoms with Crippen molar-refractivity contribution in [2.24, 2.45) is 5.73 Å². The summed E-state index contributed by atoms with van der Waals surface area (Å²) in [6.45, 7) is -0.0175. The number of ether oxygens (including phenoxy) is 2. The summed E-state index contributed by atoms with van der Waals surface area (Å²) < 4.78 is 9.84. The fourth-order valence-electron chi connectivity index (χ4n) is 2.78. The number of benzene rings is 2. The Balaban J connectivity index is 2.02. The molecule has 2 atom stereocenters. The van der Waals surface area contributed by atoms with Gasteiger partial charge in [-0.3, -0.25) is 9.59 Å². The van der Waals surface area contributed by atoms with Crippen molar-refractivity contribution >= 4 is 23.9 Å². The Kier molecular flexibility index (Phi) is 9.03. The fraction of sp³-hybridized carbons (Fsp3) is 0.273. The molecule has 0 fully saturated rings. The van der Waals surface area contributed by atoms with Crippen molar-refractivity contribution < 1.29 is 28.7 Å². The monoisotopic (exact) mass is 427 g/mol. The summed E-state index contributed by atoms with van der Waals surface area (Å²) >= 11 is 0. The lowest BCUT2D eigenvalue weighted by molar-refractivity contribution is -0.145. The summed E-state index contributed by atoms with van der Waals surface area (Å²) in [5.74, 6) is -2.23. The highest BCUT2D eigenvalue weighted by atomic mass is 16.5. The summed E-state index contributed by atoms with van der Waals surface area (Å²) in [5, 5.41) is 4.83. The van der Waals surface area contributed by atoms with E-state index in [1.807, 2.05) is 12.1 Å². The second kappa shape index (κ2) is 12.0. The Labute approximate surface area is 179 Å². The Morgan fingerprint density at radius 3 is 2.00 bits per heavy atom. The van der Waals surface area contributed by atoms with Gasteiger partial charge in [0.1, 0.15) is 18.7 Å². The molecule has 0 aromatic heterocycles. The van der Waals surface area contributed by atoms with E-state index in [1.54, 1.807) is 48.5 Å². The number of esters is 1. The van der Waals surface area contributed by atoms with Gasteiger partial charge in [0.05, 0.1) is 13.5 Å². The number of methoxy groups -OCH3 is 1. The standard InChI is InChI=1S/C22H25N3O6/c1-30-21(28)18(12-15-8-4-2-5-9-15)24-20(27)17(13-19(23)26)25-22(29)31-14-16-10-6-3-7-11-16/h2-11,17-18H,12-14H2,1H3,(H2,23,26)(H,24,27)(H,25,29)/t17-,18-/m1/s1. The molecule has 9 heteroatoms. The summed E-state index contributed by atoms with van der Waals surface area (Å²) in [6, 6.07) is 15.6. The number of alkyl carbamates (subject to hydrolysis) is 1. The first kappa shape index (κ1) is 23.4. The minimum absolute atomic E-state index is 0.0175. The van der Waals surface area contributed by atoms with Gasteiger partial charge in [-0.25, -0.2) is 9.59 Å². The van der Waals surface area contributed by atoms with Crippen molar-refractivity contribution in [3.8, 4) is 0 Å². The maximum Gasteiger partial charge on any atom is 0.408 e. The number of nitrogens with two attached hydrogens (primary N) is 1. The lowest BCUT2D eigenvalue weighted by Gasteiger charge is -2.21. The van der Waals surface area contributed by atoms with Crippen LogP contribution in [0.25, 0.3) is 0 Å². The Morgan fingerprint density at radius 2 is 1.45 bits per heavy atom. The van der Waals surface area contributed by atoms with E-state index in [1.165, 1.54) is 7.11 Å². The first-order valence-electron chi connectivity index (χ1n) is 9.56. The van der Waals surface area contributed by atoms with Crippen LogP contribution >= 0.6 is 0 Å². The molecule has 2 aromatic carbocycles. The van der Waals surface area contributed by atoms with Crippen molar-refractivity contribution in [2.75, 3.05) is 7.11 Å². The Morgan fingerprint density at radius 1 is 0.871 bits per heavy atom. The lowest BCUT2D eigenvalue weighted by Crippen LogP contribution is -2.53. The van der Waals surface area contributed by atoms with Gasteiger partial charge in [-0.05, 0) is 11.1 Å². The third kappa shape index (κ3) is 8.17. The molecule has 0 unspecified atom stereocenters. The molecule has 0 aliphatic rings. The van der Waals surface area contributed by atoms with Crippen molar-refractivity contribution in [2.45, 2.75) is 31.5 Å². The molecule has 0 spiro atoms. The number of amides is 3. The zero-order chi connectivity index (χ0) is 22.6. The van der Waals surface area contributed by atoms with E-state index >= 15 is 0 Å². The molecular weight excluding hydrogens is 402 g/mol. The van der Waals surface area contributed by atoms with Gasteiger partial charge in [0.25, 0.3) is 0 Å². The van der Waals surface area contributed by atoms with Crippen LogP contribution in [0.3, 0.4) is 0 Å². The zero-order valence-electron chi connectivity index (χ0n) is 17.1. The van der Waals surface area contributed by atoms with Crippen molar-refractivity contribution in [1.29, 1.82) is 0 Å². The highest BCUT2D eigenvalue weighted by Gasteiger charge is 2.29. The molecule has 0 bridgehead atoms. The van der Waals surface area contributed by atoms with Gasteiger partial charge in [0.15, 0.2) is 0 Å². The minimum Gasteiger partial charge on any atom is -0.467 e. The van der Waals surface area contributed by atoms with Crippen molar-refractivity contribution in [3.05, 3.63) is 71.8 Å². The first-order chi connectivity index (χ1) is 14.9. The number of hydrogen-bond donors (Lipinski definition) is 3. The van der Waals surface area contributed by atoms with Crippen LogP contribution in [0.5, 0.6) is 0 Å². The highest BCUT2D eigenvalue weighted by Crippen LogP contribution is 2.06. The van der Waals surface area contributed by atoms with Crippen LogP contribution in [0.2, 0.25) is 0 Å². The van der Waals surface area contributed by atoms with E-state index in [0.717, 1.165) is 11.1 Å². The quantitative estimate of drug-likeness (QED) is 0.485. The second-order valence-corrected chi connectivity index (χ2v) is 6.70. The molecule has 0 saturated carbocycles. The molecule has 2 aromatic rings. The van der Waals surface area contributed by atoms with E-state index in [0.29, 0.717) is 0 Å². The number of carbonyl (C=O) groups excluding carboxylic acids is 4. The summed E-state index contributed by atoms with van der Waals surface area (Å²) in [5.41, 5.74) is 6.75. The lowest BCUT2D eigenvalue weighted by atomic mass is 10.1. The van der Waals surface area contributed by atoms with Gasteiger partial charge >= 0.3 is 12.1 Å². The predicted molar refractivity (Wildman–Crippen MR) is 111 cm³/mol. The molecule has 9 nitrogen and oxygen atoms in total. The molecule has 0 saturated heterocycles. The second-order valence-electron chi connectivity index (χ2n) is 6.70. The topological polar surface area (TPSA) is 137 Å². The fourth-order valence-corrected chi connectivity index (χ4v) is 2.78. The van der Waals surface area contributed by atoms with Gasteiger partial charge in [-0.1, -0.05) is 60.7 Å². The van der Waals surface area contributed by atoms with Crippen molar-refractivity contribution in [1.82, 2.24) is 10.6 Å².